The largest absolute Gasteiger partial charge is 0.508 e. The van der Waals surface area contributed by atoms with Crippen molar-refractivity contribution in [2.75, 3.05) is 13.7 Å². The van der Waals surface area contributed by atoms with Crippen LogP contribution in [0.3, 0.4) is 0 Å². The second-order valence-corrected chi connectivity index (χ2v) is 5.36. The lowest BCUT2D eigenvalue weighted by Crippen LogP contribution is -2.04. The van der Waals surface area contributed by atoms with Gasteiger partial charge in [-0.25, -0.2) is 0 Å². The Kier molecular flexibility index (Phi) is 4.70. The molecule has 0 aliphatic carbocycles. The van der Waals surface area contributed by atoms with Gasteiger partial charge in [0.15, 0.2) is 0 Å². The molecule has 0 aliphatic heterocycles. The van der Waals surface area contributed by atoms with Crippen molar-refractivity contribution in [1.82, 2.24) is 0 Å². The molecule has 0 saturated carbocycles. The molecule has 0 bridgehead atoms. The molecule has 0 amide bonds. The summed E-state index contributed by atoms with van der Waals surface area (Å²) in [6, 6.07) is 14.4. The highest BCUT2D eigenvalue weighted by atomic mass is 16.5. The van der Waals surface area contributed by atoms with Gasteiger partial charge in [0, 0.05) is 11.8 Å². The van der Waals surface area contributed by atoms with Crippen molar-refractivity contribution >= 4 is 16.9 Å². The number of carbonyl (C=O) groups is 1. The Morgan fingerprint density at radius 3 is 2.83 bits per heavy atom. The number of hydrogen-bond donors (Lipinski definition) is 1. The molecule has 0 aliphatic rings. The van der Waals surface area contributed by atoms with Crippen molar-refractivity contribution in [2.24, 2.45) is 0 Å². The molecule has 0 radical (unpaired) electrons. The molecule has 1 aromatic heterocycles. The number of methoxy groups -OCH3 is 1. The van der Waals surface area contributed by atoms with Crippen LogP contribution in [0.1, 0.15) is 12.8 Å². The van der Waals surface area contributed by atoms with E-state index in [1.807, 2.05) is 30.3 Å². The van der Waals surface area contributed by atoms with Crippen LogP contribution in [0.15, 0.2) is 52.9 Å². The highest BCUT2D eigenvalue weighted by molar-refractivity contribution is 5.85. The summed E-state index contributed by atoms with van der Waals surface area (Å²) in [7, 11) is 1.37. The zero-order chi connectivity index (χ0) is 16.9. The van der Waals surface area contributed by atoms with Crippen molar-refractivity contribution in [1.29, 1.82) is 0 Å². The van der Waals surface area contributed by atoms with Crippen LogP contribution in [0.4, 0.5) is 0 Å². The van der Waals surface area contributed by atoms with Crippen LogP contribution in [0.25, 0.3) is 22.3 Å². The number of hydrogen-bond acceptors (Lipinski definition) is 5. The fourth-order valence-corrected chi connectivity index (χ4v) is 2.46. The lowest BCUT2D eigenvalue weighted by molar-refractivity contribution is -0.140. The molecule has 0 saturated heterocycles. The Bertz CT molecular complexity index is 850. The summed E-state index contributed by atoms with van der Waals surface area (Å²) in [6.07, 6.45) is 0.900. The molecular weight excluding hydrogens is 308 g/mol. The van der Waals surface area contributed by atoms with Gasteiger partial charge in [-0.15, -0.1) is 0 Å². The van der Waals surface area contributed by atoms with E-state index in [1.165, 1.54) is 7.11 Å². The first-order chi connectivity index (χ1) is 11.7. The average Bonchev–Trinajstić information content (AvgIpc) is 3.01. The van der Waals surface area contributed by atoms with E-state index in [0.29, 0.717) is 36.5 Å². The maximum Gasteiger partial charge on any atom is 0.305 e. The van der Waals surface area contributed by atoms with Crippen molar-refractivity contribution < 1.29 is 23.8 Å². The maximum atomic E-state index is 11.1. The minimum absolute atomic E-state index is 0.196. The molecule has 0 fully saturated rings. The number of esters is 1. The zero-order valence-electron chi connectivity index (χ0n) is 13.3. The minimum Gasteiger partial charge on any atom is -0.508 e. The van der Waals surface area contributed by atoms with E-state index < -0.39 is 0 Å². The Balaban J connectivity index is 1.78. The summed E-state index contributed by atoms with van der Waals surface area (Å²) in [5.74, 6) is 1.30. The van der Waals surface area contributed by atoms with E-state index in [2.05, 4.69) is 4.74 Å². The number of phenolic OH excluding ortho intramolecular Hbond substituents is 1. The van der Waals surface area contributed by atoms with Gasteiger partial charge in [-0.05, 0) is 42.8 Å². The molecule has 5 nitrogen and oxygen atoms in total. The second kappa shape index (κ2) is 7.08. The Morgan fingerprint density at radius 1 is 1.17 bits per heavy atom. The number of para-hydroxylation sites is 1. The van der Waals surface area contributed by atoms with Crippen LogP contribution < -0.4 is 4.74 Å². The molecular formula is C19H18O5. The average molecular weight is 326 g/mol. The maximum absolute atomic E-state index is 11.1. The molecule has 0 unspecified atom stereocenters. The molecule has 2 aromatic carbocycles. The van der Waals surface area contributed by atoms with Gasteiger partial charge >= 0.3 is 5.97 Å². The number of fused-ring (bicyclic) bond motifs is 1. The lowest BCUT2D eigenvalue weighted by Gasteiger charge is -2.09. The van der Waals surface area contributed by atoms with E-state index >= 15 is 0 Å². The van der Waals surface area contributed by atoms with E-state index in [9.17, 15) is 9.90 Å². The number of phenols is 1. The van der Waals surface area contributed by atoms with Gasteiger partial charge < -0.3 is 19.0 Å². The van der Waals surface area contributed by atoms with Crippen LogP contribution in [0.5, 0.6) is 11.5 Å². The highest BCUT2D eigenvalue weighted by Crippen LogP contribution is 2.35. The second-order valence-electron chi connectivity index (χ2n) is 5.36. The summed E-state index contributed by atoms with van der Waals surface area (Å²) in [5.41, 5.74) is 1.52. The molecule has 5 heteroatoms. The Labute approximate surface area is 139 Å². The van der Waals surface area contributed by atoms with Crippen LogP contribution in [0.2, 0.25) is 0 Å². The van der Waals surface area contributed by atoms with Crippen molar-refractivity contribution in [3.63, 3.8) is 0 Å². The Hall–Kier alpha value is -2.95. The fraction of sp³-hybridized carbons (Fsp3) is 0.211. The normalized spacial score (nSPS) is 10.7. The summed E-state index contributed by atoms with van der Waals surface area (Å²) >= 11 is 0. The number of carbonyl (C=O) groups excluding carboxylic acids is 1. The van der Waals surface area contributed by atoms with Gasteiger partial charge in [-0.2, -0.15) is 0 Å². The van der Waals surface area contributed by atoms with E-state index in [0.717, 1.165) is 10.9 Å². The molecule has 1 heterocycles. The predicted molar refractivity (Wildman–Crippen MR) is 90.1 cm³/mol. The van der Waals surface area contributed by atoms with Crippen molar-refractivity contribution in [3.8, 4) is 22.8 Å². The summed E-state index contributed by atoms with van der Waals surface area (Å²) < 4.78 is 16.2. The van der Waals surface area contributed by atoms with E-state index in [4.69, 9.17) is 9.15 Å². The standard InChI is InChI=1S/C19H18O5/c1-22-19(21)7-4-10-23-17-6-3-2-5-15(17)18-12-13-11-14(20)8-9-16(13)24-18/h2-3,5-6,8-9,11-12,20H,4,7,10H2,1H3. The first-order valence-corrected chi connectivity index (χ1v) is 7.69. The van der Waals surface area contributed by atoms with Gasteiger partial charge in [0.2, 0.25) is 0 Å². The molecule has 3 rings (SSSR count). The number of ether oxygens (including phenoxy) is 2. The summed E-state index contributed by atoms with van der Waals surface area (Å²) in [6.45, 7) is 0.410. The molecule has 24 heavy (non-hydrogen) atoms. The molecule has 0 spiro atoms. The van der Waals surface area contributed by atoms with Crippen molar-refractivity contribution in [3.05, 3.63) is 48.5 Å². The lowest BCUT2D eigenvalue weighted by atomic mass is 10.1. The van der Waals surface area contributed by atoms with Gasteiger partial charge in [0.25, 0.3) is 0 Å². The molecule has 1 N–H and O–H groups in total. The number of benzene rings is 2. The minimum atomic E-state index is -0.246. The number of aromatic hydroxyl groups is 1. The van der Waals surface area contributed by atoms with Crippen LogP contribution >= 0.6 is 0 Å². The van der Waals surface area contributed by atoms with Crippen LogP contribution in [0, 0.1) is 0 Å². The molecule has 3 aromatic rings. The van der Waals surface area contributed by atoms with Gasteiger partial charge in [-0.1, -0.05) is 12.1 Å². The SMILES string of the molecule is COC(=O)CCCOc1ccccc1-c1cc2cc(O)ccc2o1. The fourth-order valence-electron chi connectivity index (χ4n) is 2.46. The first kappa shape index (κ1) is 15.9. The monoisotopic (exact) mass is 326 g/mol. The third-order valence-electron chi connectivity index (χ3n) is 3.66. The zero-order valence-corrected chi connectivity index (χ0v) is 13.3. The number of rotatable bonds is 6. The summed E-state index contributed by atoms with van der Waals surface area (Å²) in [5, 5.41) is 10.4. The number of furan rings is 1. The Morgan fingerprint density at radius 2 is 2.00 bits per heavy atom. The topological polar surface area (TPSA) is 68.9 Å². The molecule has 0 atom stereocenters. The first-order valence-electron chi connectivity index (χ1n) is 7.69. The van der Waals surface area contributed by atoms with E-state index in [1.54, 1.807) is 18.2 Å². The molecule has 124 valence electrons. The van der Waals surface area contributed by atoms with Gasteiger partial charge in [-0.3, -0.25) is 4.79 Å². The smallest absolute Gasteiger partial charge is 0.305 e. The van der Waals surface area contributed by atoms with Crippen LogP contribution in [-0.2, 0) is 9.53 Å². The summed E-state index contributed by atoms with van der Waals surface area (Å²) in [4.78, 5) is 11.1. The van der Waals surface area contributed by atoms with Gasteiger partial charge in [0.1, 0.15) is 22.8 Å². The third-order valence-corrected chi connectivity index (χ3v) is 3.66. The van der Waals surface area contributed by atoms with Gasteiger partial charge in [0.05, 0.1) is 19.3 Å². The van der Waals surface area contributed by atoms with Crippen molar-refractivity contribution in [2.45, 2.75) is 12.8 Å². The third kappa shape index (κ3) is 3.51. The van der Waals surface area contributed by atoms with E-state index in [-0.39, 0.29) is 11.7 Å². The highest BCUT2D eigenvalue weighted by Gasteiger charge is 2.12. The quantitative estimate of drug-likeness (QED) is 0.544. The van der Waals surface area contributed by atoms with Crippen LogP contribution in [-0.4, -0.2) is 24.8 Å². The predicted octanol–water partition coefficient (Wildman–Crippen LogP) is 4.14.